The molecular formula is C20H17N5O6S. The summed E-state index contributed by atoms with van der Waals surface area (Å²) in [5, 5.41) is 23.1. The molecule has 0 aliphatic rings. The fourth-order valence-corrected chi connectivity index (χ4v) is 3.16. The number of nitrogens with one attached hydrogen (secondary N) is 1. The molecule has 164 valence electrons. The molecule has 0 bridgehead atoms. The van der Waals surface area contributed by atoms with E-state index < -0.39 is 31.5 Å². The molecule has 0 amide bonds. The van der Waals surface area contributed by atoms with Crippen LogP contribution >= 0.6 is 0 Å². The summed E-state index contributed by atoms with van der Waals surface area (Å²) in [7, 11) is -2.60. The molecular weight excluding hydrogens is 438 g/mol. The summed E-state index contributed by atoms with van der Waals surface area (Å²) in [6, 6.07) is 15.1. The number of rotatable bonds is 8. The van der Waals surface area contributed by atoms with Gasteiger partial charge in [-0.25, -0.2) is 8.42 Å². The van der Waals surface area contributed by atoms with E-state index in [2.05, 4.69) is 15.3 Å². The SMILES string of the molecule is COc1ccc(C#N)cc1Oc1nc(S(C)(=O)=O)nc(NCc2ccccc2)c1[N+](=O)[O-]. The zero-order chi connectivity index (χ0) is 23.3. The molecule has 2 aromatic carbocycles. The van der Waals surface area contributed by atoms with E-state index >= 15 is 0 Å². The van der Waals surface area contributed by atoms with Gasteiger partial charge in [0.15, 0.2) is 11.5 Å². The number of benzene rings is 2. The summed E-state index contributed by atoms with van der Waals surface area (Å²) in [4.78, 5) is 18.7. The van der Waals surface area contributed by atoms with Gasteiger partial charge in [-0.15, -0.1) is 0 Å². The predicted octanol–water partition coefficient (Wildman–Crippen LogP) is 3.07. The van der Waals surface area contributed by atoms with Crippen molar-refractivity contribution in [1.82, 2.24) is 9.97 Å². The van der Waals surface area contributed by atoms with Crippen molar-refractivity contribution in [2.24, 2.45) is 0 Å². The highest BCUT2D eigenvalue weighted by molar-refractivity contribution is 7.90. The molecule has 3 aromatic rings. The second-order valence-corrected chi connectivity index (χ2v) is 8.37. The molecule has 0 saturated carbocycles. The molecule has 0 unspecified atom stereocenters. The first-order chi connectivity index (χ1) is 15.2. The van der Waals surface area contributed by atoms with Crippen molar-refractivity contribution in [3.8, 4) is 23.4 Å². The number of ether oxygens (including phenoxy) is 2. The van der Waals surface area contributed by atoms with Gasteiger partial charge < -0.3 is 14.8 Å². The number of sulfone groups is 1. The molecule has 0 aliphatic heterocycles. The van der Waals surface area contributed by atoms with E-state index in [-0.39, 0.29) is 29.4 Å². The summed E-state index contributed by atoms with van der Waals surface area (Å²) in [6.07, 6.45) is 0.871. The van der Waals surface area contributed by atoms with Gasteiger partial charge in [0.2, 0.25) is 15.7 Å². The van der Waals surface area contributed by atoms with Crippen molar-refractivity contribution in [3.05, 3.63) is 69.8 Å². The number of nitriles is 1. The lowest BCUT2D eigenvalue weighted by Gasteiger charge is -2.13. The highest BCUT2D eigenvalue weighted by Crippen LogP contribution is 2.39. The monoisotopic (exact) mass is 455 g/mol. The summed E-state index contributed by atoms with van der Waals surface area (Å²) in [6.45, 7) is 0.134. The Balaban J connectivity index is 2.14. The summed E-state index contributed by atoms with van der Waals surface area (Å²) in [5.74, 6) is -0.840. The van der Waals surface area contributed by atoms with E-state index in [1.165, 1.54) is 25.3 Å². The smallest absolute Gasteiger partial charge is 0.373 e. The first kappa shape index (κ1) is 22.4. The molecule has 0 spiro atoms. The number of anilines is 1. The lowest BCUT2D eigenvalue weighted by molar-refractivity contribution is -0.385. The van der Waals surface area contributed by atoms with Gasteiger partial charge in [-0.2, -0.15) is 15.2 Å². The number of methoxy groups -OCH3 is 1. The number of nitrogens with zero attached hydrogens (tertiary/aromatic N) is 4. The lowest BCUT2D eigenvalue weighted by Crippen LogP contribution is -2.12. The van der Waals surface area contributed by atoms with Crippen LogP contribution in [0.15, 0.2) is 53.7 Å². The van der Waals surface area contributed by atoms with Gasteiger partial charge in [0.25, 0.3) is 5.16 Å². The van der Waals surface area contributed by atoms with Gasteiger partial charge in [-0.05, 0) is 17.7 Å². The fourth-order valence-electron chi connectivity index (χ4n) is 2.65. The second kappa shape index (κ2) is 9.27. The molecule has 1 heterocycles. The normalized spacial score (nSPS) is 10.8. The molecule has 0 radical (unpaired) electrons. The van der Waals surface area contributed by atoms with Crippen LogP contribution in [0.4, 0.5) is 11.5 Å². The zero-order valence-corrected chi connectivity index (χ0v) is 17.8. The van der Waals surface area contributed by atoms with Crippen LogP contribution in [0.2, 0.25) is 0 Å². The van der Waals surface area contributed by atoms with E-state index in [1.54, 1.807) is 24.3 Å². The summed E-state index contributed by atoms with van der Waals surface area (Å²) >= 11 is 0. The average molecular weight is 455 g/mol. The highest BCUT2D eigenvalue weighted by atomic mass is 32.2. The van der Waals surface area contributed by atoms with Gasteiger partial charge in [0, 0.05) is 18.9 Å². The Kier molecular flexibility index (Phi) is 6.50. The molecule has 0 fully saturated rings. The average Bonchev–Trinajstić information content (AvgIpc) is 2.77. The van der Waals surface area contributed by atoms with E-state index in [4.69, 9.17) is 14.7 Å². The van der Waals surface area contributed by atoms with Crippen LogP contribution in [0, 0.1) is 21.4 Å². The Morgan fingerprint density at radius 3 is 2.47 bits per heavy atom. The van der Waals surface area contributed by atoms with Gasteiger partial charge in [0.1, 0.15) is 0 Å². The van der Waals surface area contributed by atoms with Crippen LogP contribution in [0.3, 0.4) is 0 Å². The third-order valence-corrected chi connectivity index (χ3v) is 4.99. The molecule has 3 rings (SSSR count). The topological polar surface area (TPSA) is 157 Å². The minimum Gasteiger partial charge on any atom is -0.493 e. The third kappa shape index (κ3) is 5.08. The molecule has 11 nitrogen and oxygen atoms in total. The highest BCUT2D eigenvalue weighted by Gasteiger charge is 2.30. The molecule has 1 N–H and O–H groups in total. The van der Waals surface area contributed by atoms with Crippen molar-refractivity contribution in [3.63, 3.8) is 0 Å². The number of aromatic nitrogens is 2. The van der Waals surface area contributed by atoms with Gasteiger partial charge in [0.05, 0.1) is 23.7 Å². The number of hydrogen-bond donors (Lipinski definition) is 1. The molecule has 0 atom stereocenters. The van der Waals surface area contributed by atoms with Crippen LogP contribution in [-0.4, -0.2) is 36.7 Å². The first-order valence-electron chi connectivity index (χ1n) is 9.03. The maximum atomic E-state index is 12.1. The maximum Gasteiger partial charge on any atom is 0.373 e. The van der Waals surface area contributed by atoms with Crippen molar-refractivity contribution < 1.29 is 22.8 Å². The van der Waals surface area contributed by atoms with E-state index in [0.717, 1.165) is 11.8 Å². The fraction of sp³-hybridized carbons (Fsp3) is 0.150. The minimum atomic E-state index is -3.94. The van der Waals surface area contributed by atoms with Gasteiger partial charge >= 0.3 is 11.6 Å². The number of nitro groups is 1. The Labute approximate surface area is 183 Å². The number of hydrogen-bond acceptors (Lipinski definition) is 10. The molecule has 12 heteroatoms. The van der Waals surface area contributed by atoms with Crippen molar-refractivity contribution in [2.45, 2.75) is 11.7 Å². The standard InChI is InChI=1S/C20H17N5O6S/c1-30-15-9-8-14(11-21)10-16(15)31-19-17(25(26)27)18(23-20(24-19)32(2,28)29)22-12-13-6-4-3-5-7-13/h3-10H,12H2,1-2H3,(H,22,23,24). The molecule has 0 saturated heterocycles. The molecule has 0 aliphatic carbocycles. The summed E-state index contributed by atoms with van der Waals surface area (Å²) < 4.78 is 35.0. The Hall–Kier alpha value is -4.24. The minimum absolute atomic E-state index is 0.0539. The zero-order valence-electron chi connectivity index (χ0n) is 17.0. The van der Waals surface area contributed by atoms with Crippen molar-refractivity contribution in [1.29, 1.82) is 5.26 Å². The van der Waals surface area contributed by atoms with Crippen LogP contribution in [0.5, 0.6) is 17.4 Å². The predicted molar refractivity (Wildman–Crippen MR) is 113 cm³/mol. The molecule has 32 heavy (non-hydrogen) atoms. The quantitative estimate of drug-likeness (QED) is 0.304. The third-order valence-electron chi connectivity index (χ3n) is 4.15. The van der Waals surface area contributed by atoms with Crippen LogP contribution in [0.1, 0.15) is 11.1 Å². The van der Waals surface area contributed by atoms with Crippen molar-refractivity contribution >= 4 is 21.3 Å². The van der Waals surface area contributed by atoms with Gasteiger partial charge in [-0.1, -0.05) is 30.3 Å². The lowest BCUT2D eigenvalue weighted by atomic mass is 10.2. The Morgan fingerprint density at radius 2 is 1.88 bits per heavy atom. The first-order valence-corrected chi connectivity index (χ1v) is 10.9. The van der Waals surface area contributed by atoms with Crippen LogP contribution in [-0.2, 0) is 16.4 Å². The maximum absolute atomic E-state index is 12.1. The van der Waals surface area contributed by atoms with Crippen molar-refractivity contribution in [2.75, 3.05) is 18.7 Å². The van der Waals surface area contributed by atoms with E-state index in [9.17, 15) is 18.5 Å². The molecule has 1 aromatic heterocycles. The van der Waals surface area contributed by atoms with Crippen LogP contribution < -0.4 is 14.8 Å². The van der Waals surface area contributed by atoms with Crippen LogP contribution in [0.25, 0.3) is 0 Å². The largest absolute Gasteiger partial charge is 0.493 e. The Bertz CT molecular complexity index is 1310. The van der Waals surface area contributed by atoms with E-state index in [0.29, 0.717) is 0 Å². The van der Waals surface area contributed by atoms with Gasteiger partial charge in [-0.3, -0.25) is 10.1 Å². The van der Waals surface area contributed by atoms with E-state index in [1.807, 2.05) is 12.1 Å². The second-order valence-electron chi connectivity index (χ2n) is 6.46. The summed E-state index contributed by atoms with van der Waals surface area (Å²) in [5.41, 5.74) is 0.313. The Morgan fingerprint density at radius 1 is 1.16 bits per heavy atom.